The van der Waals surface area contributed by atoms with Crippen molar-refractivity contribution in [3.05, 3.63) is 59.7 Å². The molecule has 0 aromatic heterocycles. The maximum absolute atomic E-state index is 12.2. The number of anilines is 2. The maximum Gasteiger partial charge on any atom is 0.226 e. The standard InChI is InChI=1S/C20H24N2O2/c1-4-17-9-11-18(12-10-17)22(16(3)23)14-13-20(24)21-19-8-6-5-7-15(19)2/h5-12H,4,13-14H2,1-3H3,(H,21,24). The van der Waals surface area contributed by atoms with Crippen LogP contribution in [0.3, 0.4) is 0 Å². The number of rotatable bonds is 6. The number of nitrogens with one attached hydrogen (secondary N) is 1. The van der Waals surface area contributed by atoms with E-state index in [-0.39, 0.29) is 18.2 Å². The number of carbonyl (C=O) groups excluding carboxylic acids is 2. The monoisotopic (exact) mass is 324 g/mol. The second-order valence-electron chi connectivity index (χ2n) is 5.80. The molecule has 0 aliphatic rings. The summed E-state index contributed by atoms with van der Waals surface area (Å²) in [5, 5.41) is 2.90. The molecule has 0 bridgehead atoms. The van der Waals surface area contributed by atoms with Gasteiger partial charge in [0, 0.05) is 31.3 Å². The Morgan fingerprint density at radius 2 is 1.71 bits per heavy atom. The van der Waals surface area contributed by atoms with Crippen molar-refractivity contribution in [1.82, 2.24) is 0 Å². The molecule has 2 rings (SSSR count). The molecule has 0 saturated heterocycles. The van der Waals surface area contributed by atoms with Gasteiger partial charge in [-0.15, -0.1) is 0 Å². The van der Waals surface area contributed by atoms with Crippen LogP contribution in [0.5, 0.6) is 0 Å². The topological polar surface area (TPSA) is 49.4 Å². The van der Waals surface area contributed by atoms with E-state index in [2.05, 4.69) is 12.2 Å². The van der Waals surface area contributed by atoms with Crippen LogP contribution in [0.15, 0.2) is 48.5 Å². The van der Waals surface area contributed by atoms with E-state index in [4.69, 9.17) is 0 Å². The molecular weight excluding hydrogens is 300 g/mol. The molecule has 1 N–H and O–H groups in total. The van der Waals surface area contributed by atoms with Gasteiger partial charge in [0.2, 0.25) is 11.8 Å². The molecule has 4 nitrogen and oxygen atoms in total. The Hall–Kier alpha value is -2.62. The van der Waals surface area contributed by atoms with Crippen LogP contribution in [0.1, 0.15) is 31.4 Å². The Bertz CT molecular complexity index is 708. The van der Waals surface area contributed by atoms with Crippen molar-refractivity contribution in [3.63, 3.8) is 0 Å². The third-order valence-electron chi connectivity index (χ3n) is 4.02. The maximum atomic E-state index is 12.2. The highest BCUT2D eigenvalue weighted by atomic mass is 16.2. The number of hydrogen-bond acceptors (Lipinski definition) is 2. The SMILES string of the molecule is CCc1ccc(N(CCC(=O)Nc2ccccc2C)C(C)=O)cc1. The van der Waals surface area contributed by atoms with Gasteiger partial charge in [0.05, 0.1) is 0 Å². The third kappa shape index (κ3) is 4.69. The Morgan fingerprint density at radius 3 is 2.29 bits per heavy atom. The van der Waals surface area contributed by atoms with Crippen molar-refractivity contribution in [2.45, 2.75) is 33.6 Å². The molecular formula is C20H24N2O2. The average molecular weight is 324 g/mol. The Labute approximate surface area is 143 Å². The smallest absolute Gasteiger partial charge is 0.226 e. The summed E-state index contributed by atoms with van der Waals surface area (Å²) in [7, 11) is 0. The molecule has 2 aromatic carbocycles. The summed E-state index contributed by atoms with van der Waals surface area (Å²) in [5.41, 5.74) is 3.87. The lowest BCUT2D eigenvalue weighted by molar-refractivity contribution is -0.117. The van der Waals surface area contributed by atoms with Gasteiger partial charge in [0.15, 0.2) is 0 Å². The van der Waals surface area contributed by atoms with Crippen LogP contribution in [-0.2, 0) is 16.0 Å². The number of para-hydroxylation sites is 1. The zero-order valence-electron chi connectivity index (χ0n) is 14.5. The quantitative estimate of drug-likeness (QED) is 0.875. The van der Waals surface area contributed by atoms with Crippen LogP contribution in [0.2, 0.25) is 0 Å². The van der Waals surface area contributed by atoms with Gasteiger partial charge in [0.1, 0.15) is 0 Å². The van der Waals surface area contributed by atoms with Gasteiger partial charge < -0.3 is 10.2 Å². The summed E-state index contributed by atoms with van der Waals surface area (Å²) >= 11 is 0. The van der Waals surface area contributed by atoms with Crippen LogP contribution in [-0.4, -0.2) is 18.4 Å². The van der Waals surface area contributed by atoms with E-state index >= 15 is 0 Å². The second-order valence-corrected chi connectivity index (χ2v) is 5.80. The molecule has 0 aliphatic heterocycles. The van der Waals surface area contributed by atoms with E-state index in [1.165, 1.54) is 12.5 Å². The van der Waals surface area contributed by atoms with Gasteiger partial charge in [-0.3, -0.25) is 9.59 Å². The minimum absolute atomic E-state index is 0.0667. The molecule has 0 radical (unpaired) electrons. The summed E-state index contributed by atoms with van der Waals surface area (Å²) < 4.78 is 0. The predicted molar refractivity (Wildman–Crippen MR) is 98.3 cm³/mol. The van der Waals surface area contributed by atoms with E-state index < -0.39 is 0 Å². The fraction of sp³-hybridized carbons (Fsp3) is 0.300. The Kier molecular flexibility index (Phi) is 6.13. The summed E-state index contributed by atoms with van der Waals surface area (Å²) in [6, 6.07) is 15.5. The highest BCUT2D eigenvalue weighted by molar-refractivity contribution is 5.95. The number of benzene rings is 2. The number of amides is 2. The van der Waals surface area contributed by atoms with Gasteiger partial charge in [-0.1, -0.05) is 37.3 Å². The molecule has 0 atom stereocenters. The Morgan fingerprint density at radius 1 is 1.04 bits per heavy atom. The van der Waals surface area contributed by atoms with Crippen molar-refractivity contribution in [1.29, 1.82) is 0 Å². The fourth-order valence-corrected chi connectivity index (χ4v) is 2.52. The molecule has 0 spiro atoms. The first kappa shape index (κ1) is 17.7. The molecule has 4 heteroatoms. The predicted octanol–water partition coefficient (Wildman–Crippen LogP) is 3.94. The van der Waals surface area contributed by atoms with Gasteiger partial charge in [-0.05, 0) is 42.7 Å². The van der Waals surface area contributed by atoms with E-state index in [1.54, 1.807) is 4.90 Å². The minimum Gasteiger partial charge on any atom is -0.326 e. The lowest BCUT2D eigenvalue weighted by atomic mass is 10.1. The third-order valence-corrected chi connectivity index (χ3v) is 4.02. The summed E-state index contributed by atoms with van der Waals surface area (Å²) in [4.78, 5) is 25.7. The second kappa shape index (κ2) is 8.29. The van der Waals surface area contributed by atoms with Crippen LogP contribution in [0, 0.1) is 6.92 Å². The zero-order chi connectivity index (χ0) is 17.5. The molecule has 2 amide bonds. The highest BCUT2D eigenvalue weighted by Gasteiger charge is 2.14. The van der Waals surface area contributed by atoms with Crippen molar-refractivity contribution in [2.24, 2.45) is 0 Å². The zero-order valence-corrected chi connectivity index (χ0v) is 14.5. The summed E-state index contributed by atoms with van der Waals surface area (Å²) in [6.45, 7) is 5.92. The Balaban J connectivity index is 1.99. The first-order chi connectivity index (χ1) is 11.5. The van der Waals surface area contributed by atoms with E-state index in [9.17, 15) is 9.59 Å². The molecule has 0 heterocycles. The molecule has 0 aliphatic carbocycles. The van der Waals surface area contributed by atoms with Gasteiger partial charge in [0.25, 0.3) is 0 Å². The van der Waals surface area contributed by atoms with Gasteiger partial charge >= 0.3 is 0 Å². The lowest BCUT2D eigenvalue weighted by Crippen LogP contribution is -2.32. The molecule has 0 fully saturated rings. The van der Waals surface area contributed by atoms with Crippen molar-refractivity contribution in [2.75, 3.05) is 16.8 Å². The van der Waals surface area contributed by atoms with Crippen molar-refractivity contribution in [3.8, 4) is 0 Å². The number of hydrogen-bond donors (Lipinski definition) is 1. The largest absolute Gasteiger partial charge is 0.326 e. The molecule has 24 heavy (non-hydrogen) atoms. The normalized spacial score (nSPS) is 10.3. The first-order valence-electron chi connectivity index (χ1n) is 8.23. The van der Waals surface area contributed by atoms with Crippen molar-refractivity contribution >= 4 is 23.2 Å². The van der Waals surface area contributed by atoms with E-state index in [1.807, 2.05) is 55.5 Å². The molecule has 2 aromatic rings. The first-order valence-corrected chi connectivity index (χ1v) is 8.23. The van der Waals surface area contributed by atoms with Crippen LogP contribution >= 0.6 is 0 Å². The lowest BCUT2D eigenvalue weighted by Gasteiger charge is -2.21. The van der Waals surface area contributed by atoms with Crippen LogP contribution in [0.4, 0.5) is 11.4 Å². The molecule has 126 valence electrons. The number of aryl methyl sites for hydroxylation is 2. The van der Waals surface area contributed by atoms with Crippen LogP contribution < -0.4 is 10.2 Å². The number of nitrogens with zero attached hydrogens (tertiary/aromatic N) is 1. The van der Waals surface area contributed by atoms with Crippen LogP contribution in [0.25, 0.3) is 0 Å². The molecule has 0 saturated carbocycles. The molecule has 0 unspecified atom stereocenters. The van der Waals surface area contributed by atoms with Crippen molar-refractivity contribution < 1.29 is 9.59 Å². The summed E-state index contributed by atoms with van der Waals surface area (Å²) in [6.07, 6.45) is 1.21. The highest BCUT2D eigenvalue weighted by Crippen LogP contribution is 2.17. The summed E-state index contributed by atoms with van der Waals surface area (Å²) in [5.74, 6) is -0.163. The van der Waals surface area contributed by atoms with E-state index in [0.717, 1.165) is 23.4 Å². The fourth-order valence-electron chi connectivity index (χ4n) is 2.52. The minimum atomic E-state index is -0.0965. The van der Waals surface area contributed by atoms with E-state index in [0.29, 0.717) is 6.54 Å². The van der Waals surface area contributed by atoms with Gasteiger partial charge in [-0.2, -0.15) is 0 Å². The average Bonchev–Trinajstić information content (AvgIpc) is 2.57. The van der Waals surface area contributed by atoms with Gasteiger partial charge in [-0.25, -0.2) is 0 Å². The number of carbonyl (C=O) groups is 2.